The summed E-state index contributed by atoms with van der Waals surface area (Å²) in [4.78, 5) is 4.56. The van der Waals surface area contributed by atoms with Gasteiger partial charge in [0.25, 0.3) is 0 Å². The van der Waals surface area contributed by atoms with Gasteiger partial charge >= 0.3 is 0 Å². The van der Waals surface area contributed by atoms with Gasteiger partial charge in [0.15, 0.2) is 0 Å². The van der Waals surface area contributed by atoms with Gasteiger partial charge in [-0.25, -0.2) is 4.98 Å². The summed E-state index contributed by atoms with van der Waals surface area (Å²) in [5.41, 5.74) is 9.91. The maximum Gasteiger partial charge on any atom is 0.141 e. The van der Waals surface area contributed by atoms with Crippen molar-refractivity contribution in [2.75, 3.05) is 0 Å². The van der Waals surface area contributed by atoms with Crippen molar-refractivity contribution < 1.29 is 0 Å². The highest BCUT2D eigenvalue weighted by Gasteiger charge is 2.21. The van der Waals surface area contributed by atoms with Gasteiger partial charge < -0.3 is 10.3 Å². The molecule has 1 aromatic heterocycles. The van der Waals surface area contributed by atoms with Crippen molar-refractivity contribution in [2.24, 2.45) is 5.73 Å². The summed E-state index contributed by atoms with van der Waals surface area (Å²) < 4.78 is 2.20. The van der Waals surface area contributed by atoms with E-state index in [4.69, 9.17) is 5.73 Å². The third-order valence-corrected chi connectivity index (χ3v) is 3.52. The molecule has 1 aliphatic rings. The molecule has 0 saturated heterocycles. The molecule has 2 heterocycles. The first-order valence-electron chi connectivity index (χ1n) is 6.15. The number of imidazole rings is 1. The number of aryl methyl sites for hydroxylation is 2. The Morgan fingerprint density at radius 2 is 2.18 bits per heavy atom. The number of nitrogens with two attached hydrogens (primary N) is 1. The van der Waals surface area contributed by atoms with Crippen molar-refractivity contribution in [1.29, 1.82) is 0 Å². The van der Waals surface area contributed by atoms with Crippen LogP contribution in [0, 0.1) is 6.92 Å². The van der Waals surface area contributed by atoms with Gasteiger partial charge in [-0.2, -0.15) is 0 Å². The maximum absolute atomic E-state index is 6.20. The molecule has 1 unspecified atom stereocenters. The summed E-state index contributed by atoms with van der Waals surface area (Å²) >= 11 is 0. The van der Waals surface area contributed by atoms with Crippen molar-refractivity contribution in [3.8, 4) is 11.4 Å². The topological polar surface area (TPSA) is 43.8 Å². The molecular weight excluding hydrogens is 210 g/mol. The van der Waals surface area contributed by atoms with Gasteiger partial charge in [-0.3, -0.25) is 0 Å². The van der Waals surface area contributed by atoms with Gasteiger partial charge in [-0.1, -0.05) is 24.3 Å². The molecule has 3 nitrogen and oxygen atoms in total. The highest BCUT2D eigenvalue weighted by molar-refractivity contribution is 5.61. The van der Waals surface area contributed by atoms with Crippen LogP contribution in [0.4, 0.5) is 0 Å². The summed E-state index contributed by atoms with van der Waals surface area (Å²) in [6, 6.07) is 8.34. The number of hydrogen-bond donors (Lipinski definition) is 1. The molecule has 88 valence electrons. The molecule has 2 N–H and O–H groups in total. The Balaban J connectivity index is 2.17. The second kappa shape index (κ2) is 4.00. The van der Waals surface area contributed by atoms with E-state index in [1.807, 2.05) is 6.20 Å². The monoisotopic (exact) mass is 227 g/mol. The van der Waals surface area contributed by atoms with Crippen LogP contribution in [-0.2, 0) is 6.42 Å². The number of fused-ring (bicyclic) bond motifs is 1. The molecule has 0 radical (unpaired) electrons. The van der Waals surface area contributed by atoms with Gasteiger partial charge in [0, 0.05) is 17.5 Å². The van der Waals surface area contributed by atoms with Crippen molar-refractivity contribution in [2.45, 2.75) is 32.4 Å². The number of benzene rings is 1. The van der Waals surface area contributed by atoms with E-state index >= 15 is 0 Å². The Kier molecular flexibility index (Phi) is 2.48. The van der Waals surface area contributed by atoms with E-state index in [0.717, 1.165) is 18.7 Å². The molecule has 2 aromatic rings. The van der Waals surface area contributed by atoms with Crippen LogP contribution in [0.2, 0.25) is 0 Å². The van der Waals surface area contributed by atoms with E-state index in [0.29, 0.717) is 0 Å². The third-order valence-electron chi connectivity index (χ3n) is 3.52. The zero-order chi connectivity index (χ0) is 11.8. The lowest BCUT2D eigenvalue weighted by molar-refractivity contribution is 0.418. The molecule has 17 heavy (non-hydrogen) atoms. The summed E-state index contributed by atoms with van der Waals surface area (Å²) in [5.74, 6) is 1.02. The molecule has 1 aromatic carbocycles. The fourth-order valence-electron chi connectivity index (χ4n) is 2.60. The fourth-order valence-corrected chi connectivity index (χ4v) is 2.60. The summed E-state index contributed by atoms with van der Waals surface area (Å²) in [7, 11) is 0. The molecule has 3 heteroatoms. The SMILES string of the molecule is Cc1ccccc1-c1ncc2n1C(N)CCC2. The van der Waals surface area contributed by atoms with E-state index in [2.05, 4.69) is 40.7 Å². The summed E-state index contributed by atoms with van der Waals surface area (Å²) in [6.07, 6.45) is 5.35. The molecular formula is C14H17N3. The van der Waals surface area contributed by atoms with Crippen LogP contribution in [0.25, 0.3) is 11.4 Å². The average Bonchev–Trinajstić information content (AvgIpc) is 2.75. The van der Waals surface area contributed by atoms with E-state index in [1.165, 1.54) is 23.2 Å². The fraction of sp³-hybridized carbons (Fsp3) is 0.357. The maximum atomic E-state index is 6.20. The van der Waals surface area contributed by atoms with E-state index < -0.39 is 0 Å². The Bertz CT molecular complexity index is 542. The largest absolute Gasteiger partial charge is 0.312 e. The molecule has 0 amide bonds. The van der Waals surface area contributed by atoms with Crippen molar-refractivity contribution in [1.82, 2.24) is 9.55 Å². The highest BCUT2D eigenvalue weighted by atomic mass is 15.2. The first-order valence-corrected chi connectivity index (χ1v) is 6.15. The molecule has 3 rings (SSSR count). The van der Waals surface area contributed by atoms with Crippen molar-refractivity contribution in [3.63, 3.8) is 0 Å². The van der Waals surface area contributed by atoms with Gasteiger partial charge in [-0.05, 0) is 31.7 Å². The zero-order valence-corrected chi connectivity index (χ0v) is 10.1. The third kappa shape index (κ3) is 1.67. The quantitative estimate of drug-likeness (QED) is 0.814. The Hall–Kier alpha value is -1.61. The van der Waals surface area contributed by atoms with Crippen molar-refractivity contribution in [3.05, 3.63) is 41.7 Å². The second-order valence-electron chi connectivity index (χ2n) is 4.72. The number of hydrogen-bond acceptors (Lipinski definition) is 2. The molecule has 0 aliphatic carbocycles. The first-order chi connectivity index (χ1) is 8.27. The Morgan fingerprint density at radius 3 is 3.00 bits per heavy atom. The predicted molar refractivity (Wildman–Crippen MR) is 68.6 cm³/mol. The minimum Gasteiger partial charge on any atom is -0.312 e. The molecule has 0 saturated carbocycles. The first kappa shape index (κ1) is 10.5. The molecule has 0 fully saturated rings. The minimum absolute atomic E-state index is 0.0795. The zero-order valence-electron chi connectivity index (χ0n) is 10.1. The van der Waals surface area contributed by atoms with E-state index in [1.54, 1.807) is 0 Å². The Morgan fingerprint density at radius 1 is 1.35 bits per heavy atom. The molecule has 1 aliphatic heterocycles. The lowest BCUT2D eigenvalue weighted by atomic mass is 10.1. The van der Waals surface area contributed by atoms with Crippen LogP contribution in [0.1, 0.15) is 30.3 Å². The number of rotatable bonds is 1. The van der Waals surface area contributed by atoms with Gasteiger partial charge in [0.1, 0.15) is 5.82 Å². The minimum atomic E-state index is 0.0795. The Labute approximate surface area is 101 Å². The van der Waals surface area contributed by atoms with E-state index in [-0.39, 0.29) is 6.17 Å². The lowest BCUT2D eigenvalue weighted by Gasteiger charge is -2.24. The predicted octanol–water partition coefficient (Wildman–Crippen LogP) is 2.65. The summed E-state index contributed by atoms with van der Waals surface area (Å²) in [6.45, 7) is 2.12. The smallest absolute Gasteiger partial charge is 0.141 e. The normalized spacial score (nSPS) is 19.1. The lowest BCUT2D eigenvalue weighted by Crippen LogP contribution is -2.25. The highest BCUT2D eigenvalue weighted by Crippen LogP contribution is 2.30. The summed E-state index contributed by atoms with van der Waals surface area (Å²) in [5, 5.41) is 0. The van der Waals surface area contributed by atoms with Crippen LogP contribution >= 0.6 is 0 Å². The number of aromatic nitrogens is 2. The van der Waals surface area contributed by atoms with E-state index in [9.17, 15) is 0 Å². The number of nitrogens with zero attached hydrogens (tertiary/aromatic N) is 2. The molecule has 0 spiro atoms. The van der Waals surface area contributed by atoms with Crippen LogP contribution < -0.4 is 5.73 Å². The molecule has 0 bridgehead atoms. The van der Waals surface area contributed by atoms with Crippen molar-refractivity contribution >= 4 is 0 Å². The van der Waals surface area contributed by atoms with Crippen LogP contribution in [0.5, 0.6) is 0 Å². The second-order valence-corrected chi connectivity index (χ2v) is 4.72. The van der Waals surface area contributed by atoms with Gasteiger partial charge in [0.05, 0.1) is 6.17 Å². The standard InChI is InChI=1S/C14H17N3/c1-10-5-2-3-7-12(10)14-16-9-11-6-4-8-13(15)17(11)14/h2-3,5,7,9,13H,4,6,8,15H2,1H3. The molecule has 1 atom stereocenters. The van der Waals surface area contributed by atoms with Gasteiger partial charge in [-0.15, -0.1) is 0 Å². The van der Waals surface area contributed by atoms with Crippen LogP contribution in [-0.4, -0.2) is 9.55 Å². The van der Waals surface area contributed by atoms with Gasteiger partial charge in [0.2, 0.25) is 0 Å². The van der Waals surface area contributed by atoms with Crippen LogP contribution in [0.3, 0.4) is 0 Å². The van der Waals surface area contributed by atoms with Crippen LogP contribution in [0.15, 0.2) is 30.5 Å². The average molecular weight is 227 g/mol.